The molecule has 2 aliphatic rings. The lowest BCUT2D eigenvalue weighted by atomic mass is 10.1. The van der Waals surface area contributed by atoms with Gasteiger partial charge in [-0.2, -0.15) is 0 Å². The van der Waals surface area contributed by atoms with E-state index in [1.165, 1.54) is 6.33 Å². The Morgan fingerprint density at radius 2 is 2.12 bits per heavy atom. The van der Waals surface area contributed by atoms with E-state index in [4.69, 9.17) is 21.1 Å². The number of benzene rings is 1. The lowest BCUT2D eigenvalue weighted by Gasteiger charge is -2.45. The summed E-state index contributed by atoms with van der Waals surface area (Å²) in [7, 11) is 0. The maximum absolute atomic E-state index is 12.4. The lowest BCUT2D eigenvalue weighted by molar-refractivity contribution is 0.0195. The summed E-state index contributed by atoms with van der Waals surface area (Å²) in [6, 6.07) is 3.99. The van der Waals surface area contributed by atoms with E-state index in [0.717, 1.165) is 22.3 Å². The summed E-state index contributed by atoms with van der Waals surface area (Å²) in [6.07, 6.45) is 1.17. The Morgan fingerprint density at radius 1 is 1.31 bits per heavy atom. The van der Waals surface area contributed by atoms with Crippen molar-refractivity contribution in [2.45, 2.75) is 32.4 Å². The molecule has 0 radical (unpaired) electrons. The molecule has 0 aliphatic carbocycles. The number of halogens is 1. The van der Waals surface area contributed by atoms with E-state index in [2.05, 4.69) is 14.9 Å². The molecule has 0 bridgehead atoms. The summed E-state index contributed by atoms with van der Waals surface area (Å²) in [6.45, 7) is 7.95. The largest absolute Gasteiger partial charge is 0.488 e. The van der Waals surface area contributed by atoms with Crippen LogP contribution in [-0.2, 0) is 4.74 Å². The summed E-state index contributed by atoms with van der Waals surface area (Å²) < 4.78 is 11.5. The van der Waals surface area contributed by atoms with Crippen LogP contribution in [0.15, 0.2) is 18.5 Å². The Bertz CT molecular complexity index is 867. The van der Waals surface area contributed by atoms with Gasteiger partial charge in [-0.3, -0.25) is 0 Å². The van der Waals surface area contributed by atoms with E-state index in [0.29, 0.717) is 31.4 Å². The number of hydrogen-bond donors (Lipinski definition) is 0. The molecule has 2 aliphatic heterocycles. The molecule has 1 aromatic carbocycles. The van der Waals surface area contributed by atoms with E-state index < -0.39 is 5.60 Å². The second kappa shape index (κ2) is 6.16. The van der Waals surface area contributed by atoms with Crippen LogP contribution in [0.1, 0.15) is 20.8 Å². The topological polar surface area (TPSA) is 67.8 Å². The highest BCUT2D eigenvalue weighted by molar-refractivity contribution is 6.34. The zero-order chi connectivity index (χ0) is 18.5. The first-order valence-electron chi connectivity index (χ1n) is 8.64. The molecule has 0 saturated carbocycles. The predicted octanol–water partition coefficient (Wildman–Crippen LogP) is 3.10. The predicted molar refractivity (Wildman–Crippen MR) is 99.0 cm³/mol. The number of ether oxygens (including phenoxy) is 2. The number of aromatic nitrogens is 2. The van der Waals surface area contributed by atoms with Gasteiger partial charge in [0, 0.05) is 19.6 Å². The maximum Gasteiger partial charge on any atom is 0.410 e. The standard InChI is InChI=1S/C18H21ClN4O3/c1-18(2,3)26-17(24)22-6-7-23-11(8-22)9-25-15-13(23)5-4-12-14(15)16(19)21-10-20-12/h4-5,10-11H,6-9H2,1-3H3. The Hall–Kier alpha value is -2.28. The number of anilines is 1. The van der Waals surface area contributed by atoms with Crippen LogP contribution in [0.4, 0.5) is 10.5 Å². The number of piperazine rings is 1. The average Bonchev–Trinajstić information content (AvgIpc) is 2.59. The molecule has 4 rings (SSSR count). The Kier molecular flexibility index (Phi) is 4.06. The zero-order valence-corrected chi connectivity index (χ0v) is 15.8. The van der Waals surface area contributed by atoms with Crippen LogP contribution in [-0.4, -0.2) is 58.8 Å². The smallest absolute Gasteiger partial charge is 0.410 e. The molecule has 1 fully saturated rings. The molecular weight excluding hydrogens is 356 g/mol. The second-order valence-electron chi connectivity index (χ2n) is 7.56. The Balaban J connectivity index is 1.60. The van der Waals surface area contributed by atoms with Crippen LogP contribution in [0.2, 0.25) is 5.15 Å². The highest BCUT2D eigenvalue weighted by Crippen LogP contribution is 2.42. The molecule has 3 heterocycles. The van der Waals surface area contributed by atoms with Crippen molar-refractivity contribution >= 4 is 34.3 Å². The monoisotopic (exact) mass is 376 g/mol. The van der Waals surface area contributed by atoms with Gasteiger partial charge >= 0.3 is 6.09 Å². The minimum Gasteiger partial charge on any atom is -0.488 e. The van der Waals surface area contributed by atoms with Crippen molar-refractivity contribution in [3.8, 4) is 5.75 Å². The fraction of sp³-hybridized carbons (Fsp3) is 0.500. The molecule has 1 amide bonds. The molecule has 1 atom stereocenters. The zero-order valence-electron chi connectivity index (χ0n) is 15.0. The fourth-order valence-electron chi connectivity index (χ4n) is 3.43. The molecule has 1 saturated heterocycles. The first kappa shape index (κ1) is 17.1. The van der Waals surface area contributed by atoms with Gasteiger partial charge in [-0.05, 0) is 32.9 Å². The minimum absolute atomic E-state index is 0.0737. The van der Waals surface area contributed by atoms with E-state index >= 15 is 0 Å². The van der Waals surface area contributed by atoms with Crippen LogP contribution in [0.5, 0.6) is 5.75 Å². The molecule has 138 valence electrons. The minimum atomic E-state index is -0.500. The maximum atomic E-state index is 12.4. The van der Waals surface area contributed by atoms with Gasteiger partial charge in [-0.25, -0.2) is 14.8 Å². The molecule has 0 N–H and O–H groups in total. The van der Waals surface area contributed by atoms with Crippen LogP contribution in [0.25, 0.3) is 10.9 Å². The molecule has 1 unspecified atom stereocenters. The van der Waals surface area contributed by atoms with Gasteiger partial charge in [0.05, 0.1) is 22.6 Å². The summed E-state index contributed by atoms with van der Waals surface area (Å²) >= 11 is 6.28. The normalized spacial score (nSPS) is 19.6. The van der Waals surface area contributed by atoms with Crippen molar-refractivity contribution in [2.75, 3.05) is 31.1 Å². The van der Waals surface area contributed by atoms with E-state index in [1.54, 1.807) is 4.90 Å². The number of carbonyl (C=O) groups is 1. The van der Waals surface area contributed by atoms with Crippen LogP contribution in [0.3, 0.4) is 0 Å². The van der Waals surface area contributed by atoms with Crippen molar-refractivity contribution in [3.05, 3.63) is 23.6 Å². The first-order chi connectivity index (χ1) is 12.3. The summed E-state index contributed by atoms with van der Waals surface area (Å²) in [5.74, 6) is 0.718. The summed E-state index contributed by atoms with van der Waals surface area (Å²) in [4.78, 5) is 24.7. The van der Waals surface area contributed by atoms with Gasteiger partial charge in [-0.1, -0.05) is 11.6 Å². The number of fused-ring (bicyclic) bond motifs is 5. The van der Waals surface area contributed by atoms with E-state index in [-0.39, 0.29) is 12.1 Å². The van der Waals surface area contributed by atoms with Gasteiger partial charge in [-0.15, -0.1) is 0 Å². The van der Waals surface area contributed by atoms with Gasteiger partial charge in [0.2, 0.25) is 0 Å². The van der Waals surface area contributed by atoms with Crippen molar-refractivity contribution in [1.29, 1.82) is 0 Å². The molecule has 8 heteroatoms. The molecule has 1 aromatic heterocycles. The highest BCUT2D eigenvalue weighted by Gasteiger charge is 2.37. The van der Waals surface area contributed by atoms with Crippen LogP contribution in [0, 0.1) is 0 Å². The Morgan fingerprint density at radius 3 is 2.88 bits per heavy atom. The van der Waals surface area contributed by atoms with Gasteiger partial charge in [0.15, 0.2) is 5.75 Å². The highest BCUT2D eigenvalue weighted by atomic mass is 35.5. The molecule has 2 aromatic rings. The van der Waals surface area contributed by atoms with Gasteiger partial charge in [0.1, 0.15) is 23.7 Å². The van der Waals surface area contributed by atoms with Crippen LogP contribution >= 0.6 is 11.6 Å². The third kappa shape index (κ3) is 3.00. The quantitative estimate of drug-likeness (QED) is 0.658. The van der Waals surface area contributed by atoms with Crippen molar-refractivity contribution in [1.82, 2.24) is 14.9 Å². The number of hydrogen-bond acceptors (Lipinski definition) is 6. The summed E-state index contributed by atoms with van der Waals surface area (Å²) in [5.41, 5.74) is 1.23. The van der Waals surface area contributed by atoms with Crippen molar-refractivity contribution in [2.24, 2.45) is 0 Å². The van der Waals surface area contributed by atoms with Crippen molar-refractivity contribution < 1.29 is 14.3 Å². The third-order valence-electron chi connectivity index (χ3n) is 4.55. The molecular formula is C18H21ClN4O3. The SMILES string of the molecule is CC(C)(C)OC(=O)N1CCN2c3ccc4ncnc(Cl)c4c3OCC2C1. The number of carbonyl (C=O) groups excluding carboxylic acids is 1. The van der Waals surface area contributed by atoms with Gasteiger partial charge in [0.25, 0.3) is 0 Å². The van der Waals surface area contributed by atoms with Gasteiger partial charge < -0.3 is 19.3 Å². The summed E-state index contributed by atoms with van der Waals surface area (Å²) in [5, 5.41) is 1.12. The molecule has 7 nitrogen and oxygen atoms in total. The first-order valence-corrected chi connectivity index (χ1v) is 9.02. The average molecular weight is 377 g/mol. The van der Waals surface area contributed by atoms with Crippen LogP contribution < -0.4 is 9.64 Å². The van der Waals surface area contributed by atoms with E-state index in [9.17, 15) is 4.79 Å². The Labute approximate surface area is 156 Å². The second-order valence-corrected chi connectivity index (χ2v) is 7.92. The number of rotatable bonds is 0. The lowest BCUT2D eigenvalue weighted by Crippen LogP contribution is -2.59. The van der Waals surface area contributed by atoms with Crippen molar-refractivity contribution in [3.63, 3.8) is 0 Å². The molecule has 0 spiro atoms. The fourth-order valence-corrected chi connectivity index (χ4v) is 3.66. The number of nitrogens with zero attached hydrogens (tertiary/aromatic N) is 4. The molecule has 26 heavy (non-hydrogen) atoms. The third-order valence-corrected chi connectivity index (χ3v) is 4.84. The van der Waals surface area contributed by atoms with E-state index in [1.807, 2.05) is 32.9 Å². The number of amides is 1.